The molecule has 4 heteroatoms. The van der Waals surface area contributed by atoms with Gasteiger partial charge in [-0.3, -0.25) is 4.90 Å². The van der Waals surface area contributed by atoms with Crippen molar-refractivity contribution < 1.29 is 14.6 Å². The average Bonchev–Trinajstić information content (AvgIpc) is 3.07. The van der Waals surface area contributed by atoms with Gasteiger partial charge in [0.05, 0.1) is 5.60 Å². The summed E-state index contributed by atoms with van der Waals surface area (Å²) in [5.41, 5.74) is -0.368. The molecule has 0 aromatic rings. The molecule has 1 heterocycles. The number of β-amino-alcohol motifs (C(OH)–C–C–N with tert-alkyl or cyclic N) is 1. The summed E-state index contributed by atoms with van der Waals surface area (Å²) in [6.07, 6.45) is 3.23. The van der Waals surface area contributed by atoms with E-state index in [1.54, 1.807) is 0 Å². The summed E-state index contributed by atoms with van der Waals surface area (Å²) in [5.74, 6) is 0.577. The highest BCUT2D eigenvalue weighted by atomic mass is 16.7. The van der Waals surface area contributed by atoms with Crippen LogP contribution in [0.25, 0.3) is 0 Å². The van der Waals surface area contributed by atoms with Gasteiger partial charge in [-0.1, -0.05) is 0 Å². The van der Waals surface area contributed by atoms with Gasteiger partial charge in [0.2, 0.25) is 0 Å². The maximum atomic E-state index is 10.2. The van der Waals surface area contributed by atoms with E-state index in [0.717, 1.165) is 26.1 Å². The van der Waals surface area contributed by atoms with E-state index < -0.39 is 0 Å². The van der Waals surface area contributed by atoms with E-state index in [9.17, 15) is 5.11 Å². The molecule has 2 aliphatic rings. The molecule has 0 amide bonds. The molecular weight excluding hydrogens is 218 g/mol. The van der Waals surface area contributed by atoms with Gasteiger partial charge in [-0.05, 0) is 32.6 Å². The molecule has 1 N–H and O–H groups in total. The van der Waals surface area contributed by atoms with Crippen molar-refractivity contribution >= 4 is 0 Å². The van der Waals surface area contributed by atoms with Gasteiger partial charge >= 0.3 is 0 Å². The van der Waals surface area contributed by atoms with Crippen LogP contribution in [0.3, 0.4) is 0 Å². The molecule has 0 aromatic carbocycles. The zero-order valence-electron chi connectivity index (χ0n) is 11.0. The first kappa shape index (κ1) is 13.3. The molecule has 0 spiro atoms. The molecule has 100 valence electrons. The molecule has 0 unspecified atom stereocenters. The molecule has 17 heavy (non-hydrogen) atoms. The van der Waals surface area contributed by atoms with E-state index in [1.807, 2.05) is 13.8 Å². The quantitative estimate of drug-likeness (QED) is 0.651. The van der Waals surface area contributed by atoms with Crippen LogP contribution in [-0.4, -0.2) is 54.7 Å². The van der Waals surface area contributed by atoms with E-state index in [2.05, 4.69) is 4.90 Å². The summed E-state index contributed by atoms with van der Waals surface area (Å²) >= 11 is 0. The van der Waals surface area contributed by atoms with Crippen molar-refractivity contribution in [3.05, 3.63) is 0 Å². The van der Waals surface area contributed by atoms with Gasteiger partial charge in [-0.25, -0.2) is 0 Å². The highest BCUT2D eigenvalue weighted by Gasteiger charge is 2.51. The molecule has 1 saturated heterocycles. The number of hydrogen-bond donors (Lipinski definition) is 1. The first-order valence-corrected chi connectivity index (χ1v) is 6.86. The lowest BCUT2D eigenvalue weighted by molar-refractivity contribution is -0.156. The third kappa shape index (κ3) is 3.41. The van der Waals surface area contributed by atoms with Crippen LogP contribution in [0.2, 0.25) is 0 Å². The molecule has 0 atom stereocenters. The Morgan fingerprint density at radius 1 is 1.24 bits per heavy atom. The van der Waals surface area contributed by atoms with Gasteiger partial charge in [0.15, 0.2) is 6.29 Å². The van der Waals surface area contributed by atoms with Crippen LogP contribution in [0.1, 0.15) is 33.1 Å². The lowest BCUT2D eigenvalue weighted by atomic mass is 9.88. The average molecular weight is 243 g/mol. The first-order valence-electron chi connectivity index (χ1n) is 6.86. The van der Waals surface area contributed by atoms with Crippen molar-refractivity contribution in [2.45, 2.75) is 45.0 Å². The van der Waals surface area contributed by atoms with Crippen LogP contribution in [-0.2, 0) is 9.47 Å². The second-order valence-electron chi connectivity index (χ2n) is 5.22. The molecular formula is C13H25NO3. The number of ether oxygens (including phenoxy) is 2. The Morgan fingerprint density at radius 2 is 1.82 bits per heavy atom. The summed E-state index contributed by atoms with van der Waals surface area (Å²) < 4.78 is 11.0. The number of nitrogens with zero attached hydrogens (tertiary/aromatic N) is 1. The fourth-order valence-electron chi connectivity index (χ4n) is 2.64. The zero-order chi connectivity index (χ0) is 12.3. The van der Waals surface area contributed by atoms with E-state index in [4.69, 9.17) is 9.47 Å². The summed E-state index contributed by atoms with van der Waals surface area (Å²) in [6, 6.07) is 0. The molecule has 2 fully saturated rings. The third-order valence-electron chi connectivity index (χ3n) is 3.72. The van der Waals surface area contributed by atoms with E-state index in [0.29, 0.717) is 19.1 Å². The van der Waals surface area contributed by atoms with Gasteiger partial charge in [0.25, 0.3) is 0 Å². The third-order valence-corrected chi connectivity index (χ3v) is 3.72. The minimum Gasteiger partial charge on any atom is -0.387 e. The monoisotopic (exact) mass is 243 g/mol. The van der Waals surface area contributed by atoms with Crippen molar-refractivity contribution in [2.24, 2.45) is 5.92 Å². The second-order valence-corrected chi connectivity index (χ2v) is 5.22. The van der Waals surface area contributed by atoms with Crippen molar-refractivity contribution in [1.29, 1.82) is 0 Å². The van der Waals surface area contributed by atoms with Gasteiger partial charge in [0.1, 0.15) is 0 Å². The number of hydrogen-bond acceptors (Lipinski definition) is 4. The van der Waals surface area contributed by atoms with Gasteiger partial charge in [0, 0.05) is 39.3 Å². The smallest absolute Gasteiger partial charge is 0.158 e. The van der Waals surface area contributed by atoms with Crippen LogP contribution in [0.15, 0.2) is 0 Å². The van der Waals surface area contributed by atoms with Gasteiger partial charge in [-0.15, -0.1) is 0 Å². The molecule has 4 nitrogen and oxygen atoms in total. The Balaban J connectivity index is 1.62. The largest absolute Gasteiger partial charge is 0.387 e. The van der Waals surface area contributed by atoms with Crippen molar-refractivity contribution in [2.75, 3.05) is 32.8 Å². The summed E-state index contributed by atoms with van der Waals surface area (Å²) in [7, 11) is 0. The lowest BCUT2D eigenvalue weighted by Crippen LogP contribution is -2.63. The summed E-state index contributed by atoms with van der Waals surface area (Å²) in [4.78, 5) is 2.30. The second kappa shape index (κ2) is 5.65. The SMILES string of the molecule is CCOC(CCN1CC(O)(C2CC2)C1)OCC. The maximum absolute atomic E-state index is 10.2. The van der Waals surface area contributed by atoms with Crippen molar-refractivity contribution in [1.82, 2.24) is 4.90 Å². The topological polar surface area (TPSA) is 41.9 Å². The van der Waals surface area contributed by atoms with Gasteiger partial charge in [-0.2, -0.15) is 0 Å². The number of likely N-dealkylation sites (tertiary alicyclic amines) is 1. The molecule has 1 aliphatic heterocycles. The summed E-state index contributed by atoms with van der Waals surface area (Å²) in [5, 5.41) is 10.2. The van der Waals surface area contributed by atoms with Crippen LogP contribution in [0.5, 0.6) is 0 Å². The standard InChI is InChI=1S/C13H25NO3/c1-3-16-12(17-4-2)7-8-14-9-13(15,10-14)11-5-6-11/h11-12,15H,3-10H2,1-2H3. The van der Waals surface area contributed by atoms with E-state index >= 15 is 0 Å². The first-order chi connectivity index (χ1) is 8.18. The Labute approximate surface area is 104 Å². The van der Waals surface area contributed by atoms with Crippen LogP contribution < -0.4 is 0 Å². The Morgan fingerprint density at radius 3 is 2.29 bits per heavy atom. The molecule has 0 radical (unpaired) electrons. The van der Waals surface area contributed by atoms with E-state index in [1.165, 1.54) is 12.8 Å². The van der Waals surface area contributed by atoms with Crippen molar-refractivity contribution in [3.63, 3.8) is 0 Å². The van der Waals surface area contributed by atoms with Crippen LogP contribution >= 0.6 is 0 Å². The highest BCUT2D eigenvalue weighted by Crippen LogP contribution is 2.44. The highest BCUT2D eigenvalue weighted by molar-refractivity contribution is 5.05. The Bertz CT molecular complexity index is 231. The minimum absolute atomic E-state index is 0.0837. The fraction of sp³-hybridized carbons (Fsp3) is 1.00. The zero-order valence-corrected chi connectivity index (χ0v) is 11.0. The van der Waals surface area contributed by atoms with Crippen LogP contribution in [0.4, 0.5) is 0 Å². The summed E-state index contributed by atoms with van der Waals surface area (Å²) in [6.45, 7) is 7.99. The Kier molecular flexibility index (Phi) is 4.42. The molecule has 0 aromatic heterocycles. The van der Waals surface area contributed by atoms with Crippen LogP contribution in [0, 0.1) is 5.92 Å². The fourth-order valence-corrected chi connectivity index (χ4v) is 2.64. The predicted molar refractivity (Wildman–Crippen MR) is 65.8 cm³/mol. The molecule has 1 saturated carbocycles. The van der Waals surface area contributed by atoms with Gasteiger partial charge < -0.3 is 14.6 Å². The molecule has 2 rings (SSSR count). The molecule has 1 aliphatic carbocycles. The number of aliphatic hydroxyl groups is 1. The van der Waals surface area contributed by atoms with Crippen molar-refractivity contribution in [3.8, 4) is 0 Å². The number of rotatable bonds is 8. The maximum Gasteiger partial charge on any atom is 0.158 e. The lowest BCUT2D eigenvalue weighted by Gasteiger charge is -2.47. The van der Waals surface area contributed by atoms with E-state index in [-0.39, 0.29) is 11.9 Å². The predicted octanol–water partition coefficient (Wildman–Crippen LogP) is 1.23. The minimum atomic E-state index is -0.368. The Hall–Kier alpha value is -0.160. The normalized spacial score (nSPS) is 24.0. The molecule has 0 bridgehead atoms.